The maximum atomic E-state index is 10.8. The van der Waals surface area contributed by atoms with Crippen molar-refractivity contribution in [2.24, 2.45) is 0 Å². The van der Waals surface area contributed by atoms with Gasteiger partial charge < -0.3 is 5.32 Å². The van der Waals surface area contributed by atoms with Crippen LogP contribution in [0.3, 0.4) is 0 Å². The van der Waals surface area contributed by atoms with Gasteiger partial charge in [0.1, 0.15) is 12.4 Å². The molecule has 1 aromatic heterocycles. The third-order valence-electron chi connectivity index (χ3n) is 1.27. The summed E-state index contributed by atoms with van der Waals surface area (Å²) < 4.78 is 1.42. The average molecular weight is 199 g/mol. The molecule has 0 aliphatic heterocycles. The van der Waals surface area contributed by atoms with Crippen LogP contribution in [-0.2, 0) is 11.3 Å². The molecular formula is C7H7ClN4O. The Morgan fingerprint density at radius 1 is 1.85 bits per heavy atom. The lowest BCUT2D eigenvalue weighted by atomic mass is 10.5. The Morgan fingerprint density at radius 3 is 3.23 bits per heavy atom. The number of aromatic nitrogens is 2. The van der Waals surface area contributed by atoms with Crippen LogP contribution >= 0.6 is 11.6 Å². The zero-order valence-electron chi connectivity index (χ0n) is 6.70. The summed E-state index contributed by atoms with van der Waals surface area (Å²) in [5.74, 6) is -0.387. The van der Waals surface area contributed by atoms with E-state index in [-0.39, 0.29) is 18.3 Å². The van der Waals surface area contributed by atoms with Gasteiger partial charge in [0.05, 0.1) is 18.0 Å². The molecule has 13 heavy (non-hydrogen) atoms. The van der Waals surface area contributed by atoms with Crippen molar-refractivity contribution >= 4 is 23.2 Å². The number of hydrogen-bond acceptors (Lipinski definition) is 3. The first-order valence-corrected chi connectivity index (χ1v) is 4.05. The summed E-state index contributed by atoms with van der Waals surface area (Å²) in [6.45, 7) is 0.163. The largest absolute Gasteiger partial charge is 0.322 e. The molecule has 1 N–H and O–H groups in total. The van der Waals surface area contributed by atoms with Crippen molar-refractivity contribution in [2.75, 3.05) is 11.2 Å². The monoisotopic (exact) mass is 198 g/mol. The smallest absolute Gasteiger partial charge is 0.239 e. The molecule has 0 radical (unpaired) electrons. The Bertz CT molecular complexity index is 341. The van der Waals surface area contributed by atoms with Crippen LogP contribution in [0, 0.1) is 11.3 Å². The second kappa shape index (κ2) is 4.48. The minimum atomic E-state index is -0.293. The van der Waals surface area contributed by atoms with E-state index in [1.807, 2.05) is 6.07 Å². The Kier molecular flexibility index (Phi) is 3.29. The Labute approximate surface area is 79.9 Å². The topological polar surface area (TPSA) is 70.7 Å². The highest BCUT2D eigenvalue weighted by Gasteiger charge is 2.01. The molecule has 0 aliphatic carbocycles. The van der Waals surface area contributed by atoms with Crippen molar-refractivity contribution in [3.63, 3.8) is 0 Å². The van der Waals surface area contributed by atoms with Gasteiger partial charge in [-0.25, -0.2) is 0 Å². The highest BCUT2D eigenvalue weighted by molar-refractivity contribution is 6.29. The number of rotatable bonds is 3. The first-order chi connectivity index (χ1) is 6.26. The van der Waals surface area contributed by atoms with Crippen molar-refractivity contribution in [2.45, 2.75) is 6.54 Å². The van der Waals surface area contributed by atoms with Crippen molar-refractivity contribution in [3.05, 3.63) is 12.4 Å². The van der Waals surface area contributed by atoms with Gasteiger partial charge in [0.25, 0.3) is 0 Å². The van der Waals surface area contributed by atoms with E-state index in [9.17, 15) is 4.79 Å². The Morgan fingerprint density at radius 2 is 2.62 bits per heavy atom. The maximum absolute atomic E-state index is 10.8. The molecule has 0 spiro atoms. The number of carbonyl (C=O) groups excluding carboxylic acids is 1. The summed E-state index contributed by atoms with van der Waals surface area (Å²) >= 11 is 5.28. The molecule has 0 fully saturated rings. The molecule has 0 bridgehead atoms. The molecule has 1 rings (SSSR count). The summed E-state index contributed by atoms with van der Waals surface area (Å²) in [5, 5.41) is 14.7. The van der Waals surface area contributed by atoms with Crippen LogP contribution in [0.1, 0.15) is 0 Å². The average Bonchev–Trinajstić information content (AvgIpc) is 2.53. The van der Waals surface area contributed by atoms with Crippen LogP contribution in [0.2, 0.25) is 0 Å². The number of alkyl halides is 1. The van der Waals surface area contributed by atoms with Gasteiger partial charge in [-0.1, -0.05) is 0 Å². The summed E-state index contributed by atoms with van der Waals surface area (Å²) in [5.41, 5.74) is 0.543. The number of amides is 1. The van der Waals surface area contributed by atoms with Gasteiger partial charge in [-0.05, 0) is 0 Å². The molecule has 5 nitrogen and oxygen atoms in total. The normalized spacial score (nSPS) is 9.23. The van der Waals surface area contributed by atoms with Crippen LogP contribution in [0.5, 0.6) is 0 Å². The van der Waals surface area contributed by atoms with E-state index < -0.39 is 0 Å². The van der Waals surface area contributed by atoms with Gasteiger partial charge in [-0.3, -0.25) is 9.48 Å². The van der Waals surface area contributed by atoms with E-state index in [0.717, 1.165) is 0 Å². The predicted molar refractivity (Wildman–Crippen MR) is 47.2 cm³/mol. The Hall–Kier alpha value is -1.54. The zero-order valence-corrected chi connectivity index (χ0v) is 7.45. The summed E-state index contributed by atoms with van der Waals surface area (Å²) in [7, 11) is 0. The third kappa shape index (κ3) is 2.76. The summed E-state index contributed by atoms with van der Waals surface area (Å²) in [4.78, 5) is 10.8. The molecular weight excluding hydrogens is 192 g/mol. The van der Waals surface area contributed by atoms with Crippen LogP contribution in [-0.4, -0.2) is 21.6 Å². The zero-order chi connectivity index (χ0) is 9.68. The third-order valence-corrected chi connectivity index (χ3v) is 1.51. The van der Waals surface area contributed by atoms with Crippen molar-refractivity contribution in [1.82, 2.24) is 9.78 Å². The second-order valence-electron chi connectivity index (χ2n) is 2.27. The fraction of sp³-hybridized carbons (Fsp3) is 0.286. The molecule has 1 amide bonds. The minimum Gasteiger partial charge on any atom is -0.322 e. The van der Waals surface area contributed by atoms with Crippen LogP contribution in [0.25, 0.3) is 0 Å². The molecule has 1 heterocycles. The first-order valence-electron chi connectivity index (χ1n) is 3.51. The van der Waals surface area contributed by atoms with E-state index >= 15 is 0 Å². The lowest BCUT2D eigenvalue weighted by molar-refractivity contribution is -0.113. The highest BCUT2D eigenvalue weighted by atomic mass is 35.5. The summed E-state index contributed by atoms with van der Waals surface area (Å²) in [6.07, 6.45) is 3.02. The fourth-order valence-corrected chi connectivity index (χ4v) is 0.848. The van der Waals surface area contributed by atoms with Gasteiger partial charge in [0.15, 0.2) is 0 Å². The van der Waals surface area contributed by atoms with Gasteiger partial charge in [0.2, 0.25) is 5.91 Å². The number of hydrogen-bond donors (Lipinski definition) is 1. The number of halogens is 1. The predicted octanol–water partition coefficient (Wildman–Crippen LogP) is 0.584. The van der Waals surface area contributed by atoms with E-state index in [0.29, 0.717) is 5.69 Å². The van der Waals surface area contributed by atoms with E-state index in [2.05, 4.69) is 10.4 Å². The quantitative estimate of drug-likeness (QED) is 0.723. The molecule has 0 atom stereocenters. The standard InChI is InChI=1S/C7H7ClN4O/c8-3-7(13)11-6-4-10-12(5-6)2-1-9/h4-5H,2-3H2,(H,11,13). The first kappa shape index (κ1) is 9.55. The van der Waals surface area contributed by atoms with Crippen molar-refractivity contribution in [1.29, 1.82) is 5.26 Å². The number of carbonyl (C=O) groups is 1. The van der Waals surface area contributed by atoms with Crippen LogP contribution in [0.15, 0.2) is 12.4 Å². The summed E-state index contributed by atoms with van der Waals surface area (Å²) in [6, 6.07) is 1.93. The molecule has 68 valence electrons. The maximum Gasteiger partial charge on any atom is 0.239 e. The fourth-order valence-electron chi connectivity index (χ4n) is 0.781. The number of nitriles is 1. The number of nitrogens with zero attached hydrogens (tertiary/aromatic N) is 3. The molecule has 1 aromatic rings. The molecule has 6 heteroatoms. The van der Waals surface area contributed by atoms with Gasteiger partial charge in [0, 0.05) is 6.20 Å². The number of nitrogens with one attached hydrogen (secondary N) is 1. The van der Waals surface area contributed by atoms with E-state index in [1.54, 1.807) is 6.20 Å². The SMILES string of the molecule is N#CCn1cc(NC(=O)CCl)cn1. The molecule has 0 aliphatic rings. The van der Waals surface area contributed by atoms with Crippen molar-refractivity contribution in [3.8, 4) is 6.07 Å². The second-order valence-corrected chi connectivity index (χ2v) is 2.53. The molecule has 0 unspecified atom stereocenters. The lowest BCUT2D eigenvalue weighted by Crippen LogP contribution is -2.11. The highest BCUT2D eigenvalue weighted by Crippen LogP contribution is 2.04. The van der Waals surface area contributed by atoms with Gasteiger partial charge >= 0.3 is 0 Å². The molecule has 0 saturated heterocycles. The van der Waals surface area contributed by atoms with Crippen LogP contribution < -0.4 is 5.32 Å². The van der Waals surface area contributed by atoms with Crippen molar-refractivity contribution < 1.29 is 4.79 Å². The lowest BCUT2D eigenvalue weighted by Gasteiger charge is -1.95. The van der Waals surface area contributed by atoms with E-state index in [1.165, 1.54) is 10.9 Å². The minimum absolute atomic E-state index is 0.0938. The molecule has 0 saturated carbocycles. The number of anilines is 1. The molecule has 0 aromatic carbocycles. The van der Waals surface area contributed by atoms with Gasteiger partial charge in [-0.15, -0.1) is 11.6 Å². The van der Waals surface area contributed by atoms with Crippen LogP contribution in [0.4, 0.5) is 5.69 Å². The van der Waals surface area contributed by atoms with Gasteiger partial charge in [-0.2, -0.15) is 10.4 Å². The Balaban J connectivity index is 2.59. The van der Waals surface area contributed by atoms with E-state index in [4.69, 9.17) is 16.9 Å².